The average molecular weight is 372 g/mol. The number of amides is 1. The van der Waals surface area contributed by atoms with Gasteiger partial charge >= 0.3 is 6.09 Å². The molecule has 0 radical (unpaired) electrons. The van der Waals surface area contributed by atoms with Gasteiger partial charge in [0.1, 0.15) is 17.3 Å². The van der Waals surface area contributed by atoms with Crippen molar-refractivity contribution in [1.82, 2.24) is 4.90 Å². The summed E-state index contributed by atoms with van der Waals surface area (Å²) in [5, 5.41) is 0. The summed E-state index contributed by atoms with van der Waals surface area (Å²) in [5.41, 5.74) is 6.44. The zero-order valence-electron chi connectivity index (χ0n) is 15.4. The molecule has 1 heterocycles. The van der Waals surface area contributed by atoms with Crippen LogP contribution in [0.15, 0.2) is 48.5 Å². The minimum atomic E-state index is -0.436. The van der Waals surface area contributed by atoms with Crippen molar-refractivity contribution in [3.8, 4) is 11.5 Å². The molecule has 0 unspecified atom stereocenters. The third kappa shape index (κ3) is 4.98. The number of rotatable bonds is 6. The number of nitrogens with zero attached hydrogens (tertiary/aromatic N) is 1. The van der Waals surface area contributed by atoms with Gasteiger partial charge in [0.05, 0.1) is 12.6 Å². The van der Waals surface area contributed by atoms with Crippen LogP contribution in [0.3, 0.4) is 0 Å². The van der Waals surface area contributed by atoms with Gasteiger partial charge in [-0.15, -0.1) is 0 Å². The van der Waals surface area contributed by atoms with Crippen molar-refractivity contribution in [2.45, 2.75) is 38.3 Å². The summed E-state index contributed by atoms with van der Waals surface area (Å²) in [6.45, 7) is 2.91. The van der Waals surface area contributed by atoms with E-state index < -0.39 is 6.09 Å². The monoisotopic (exact) mass is 372 g/mol. The first-order valence-electron chi connectivity index (χ1n) is 9.26. The Hall–Kier alpha value is -2.60. The minimum absolute atomic E-state index is 0.0257. The molecule has 2 aromatic rings. The Morgan fingerprint density at radius 3 is 2.81 bits per heavy atom. The number of ether oxygens (including phenoxy) is 2. The highest BCUT2D eigenvalue weighted by molar-refractivity contribution is 5.72. The number of benzene rings is 2. The molecule has 0 spiro atoms. The first kappa shape index (κ1) is 19.2. The Kier molecular flexibility index (Phi) is 6.29. The lowest BCUT2D eigenvalue weighted by atomic mass is 10.0. The number of hydrogen-bond donors (Lipinski definition) is 1. The van der Waals surface area contributed by atoms with Crippen molar-refractivity contribution in [1.29, 1.82) is 0 Å². The Labute approximate surface area is 158 Å². The van der Waals surface area contributed by atoms with Crippen molar-refractivity contribution in [3.63, 3.8) is 0 Å². The van der Waals surface area contributed by atoms with E-state index in [1.807, 2.05) is 13.0 Å². The molecule has 144 valence electrons. The molecule has 0 aromatic heterocycles. The Morgan fingerprint density at radius 2 is 2.07 bits per heavy atom. The third-order valence-corrected chi connectivity index (χ3v) is 4.60. The molecule has 0 saturated carbocycles. The fourth-order valence-corrected chi connectivity index (χ4v) is 3.22. The summed E-state index contributed by atoms with van der Waals surface area (Å²) < 4.78 is 25.2. The fourth-order valence-electron chi connectivity index (χ4n) is 3.22. The van der Waals surface area contributed by atoms with Crippen molar-refractivity contribution in [2.75, 3.05) is 13.2 Å². The Balaban J connectivity index is 1.77. The van der Waals surface area contributed by atoms with Gasteiger partial charge in [0.25, 0.3) is 0 Å². The van der Waals surface area contributed by atoms with Gasteiger partial charge in [-0.25, -0.2) is 9.18 Å². The van der Waals surface area contributed by atoms with E-state index in [9.17, 15) is 9.18 Å². The standard InChI is InChI=1S/C21H25FN2O3/c1-15(23)11-13-26-20-10-9-16(22)14-18(20)19-8-5-12-24(19)21(25)27-17-6-3-2-4-7-17/h2-4,6-7,9-10,14-15,19H,5,8,11-13,23H2,1H3/t15-,19-/m1/s1. The molecule has 1 amide bonds. The number of carbonyl (C=O) groups excluding carboxylic acids is 1. The number of nitrogens with two attached hydrogens (primary N) is 1. The lowest BCUT2D eigenvalue weighted by Crippen LogP contribution is -2.33. The van der Waals surface area contributed by atoms with Crippen molar-refractivity contribution in [3.05, 3.63) is 59.9 Å². The fraction of sp³-hybridized carbons (Fsp3) is 0.381. The molecule has 0 aliphatic carbocycles. The second-order valence-corrected chi connectivity index (χ2v) is 6.83. The number of halogens is 1. The Bertz CT molecular complexity index is 767. The van der Waals surface area contributed by atoms with Crippen LogP contribution in [-0.2, 0) is 0 Å². The Morgan fingerprint density at radius 1 is 1.30 bits per heavy atom. The quantitative estimate of drug-likeness (QED) is 0.822. The molecule has 1 saturated heterocycles. The predicted octanol–water partition coefficient (Wildman–Crippen LogP) is 4.28. The van der Waals surface area contributed by atoms with E-state index in [-0.39, 0.29) is 17.9 Å². The maximum absolute atomic E-state index is 13.9. The minimum Gasteiger partial charge on any atom is -0.493 e. The highest BCUT2D eigenvalue weighted by atomic mass is 19.1. The summed E-state index contributed by atoms with van der Waals surface area (Å²) in [6.07, 6.45) is 1.82. The highest BCUT2D eigenvalue weighted by Crippen LogP contribution is 2.38. The highest BCUT2D eigenvalue weighted by Gasteiger charge is 2.33. The largest absolute Gasteiger partial charge is 0.493 e. The summed E-state index contributed by atoms with van der Waals surface area (Å²) in [5.74, 6) is 0.718. The summed E-state index contributed by atoms with van der Waals surface area (Å²) in [4.78, 5) is 14.3. The van der Waals surface area contributed by atoms with E-state index in [4.69, 9.17) is 15.2 Å². The summed E-state index contributed by atoms with van der Waals surface area (Å²) >= 11 is 0. The molecule has 2 aromatic carbocycles. The van der Waals surface area contributed by atoms with Gasteiger partial charge in [0.15, 0.2) is 0 Å². The van der Waals surface area contributed by atoms with Crippen LogP contribution < -0.4 is 15.2 Å². The molecule has 1 aliphatic rings. The van der Waals surface area contributed by atoms with Gasteiger partial charge in [0.2, 0.25) is 0 Å². The predicted molar refractivity (Wildman–Crippen MR) is 101 cm³/mol. The first-order valence-corrected chi connectivity index (χ1v) is 9.26. The van der Waals surface area contributed by atoms with E-state index in [2.05, 4.69) is 0 Å². The zero-order valence-corrected chi connectivity index (χ0v) is 15.4. The van der Waals surface area contributed by atoms with Gasteiger partial charge in [-0.3, -0.25) is 0 Å². The number of hydrogen-bond acceptors (Lipinski definition) is 4. The van der Waals surface area contributed by atoms with E-state index in [1.54, 1.807) is 35.2 Å². The maximum Gasteiger partial charge on any atom is 0.415 e. The topological polar surface area (TPSA) is 64.8 Å². The molecule has 3 rings (SSSR count). The molecule has 1 fully saturated rings. The first-order chi connectivity index (χ1) is 13.0. The molecule has 6 heteroatoms. The zero-order chi connectivity index (χ0) is 19.2. The van der Waals surface area contributed by atoms with Gasteiger partial charge in [-0.05, 0) is 56.5 Å². The number of carbonyl (C=O) groups is 1. The van der Waals surface area contributed by atoms with Gasteiger partial charge in [-0.1, -0.05) is 18.2 Å². The van der Waals surface area contributed by atoms with E-state index in [0.717, 1.165) is 12.8 Å². The second-order valence-electron chi connectivity index (χ2n) is 6.83. The number of likely N-dealkylation sites (tertiary alicyclic amines) is 1. The lowest BCUT2D eigenvalue weighted by Gasteiger charge is -2.26. The van der Waals surface area contributed by atoms with Crippen LogP contribution >= 0.6 is 0 Å². The summed E-state index contributed by atoms with van der Waals surface area (Å²) in [7, 11) is 0. The smallest absolute Gasteiger partial charge is 0.415 e. The number of para-hydroxylation sites is 1. The third-order valence-electron chi connectivity index (χ3n) is 4.60. The second kappa shape index (κ2) is 8.86. The molecule has 27 heavy (non-hydrogen) atoms. The van der Waals surface area contributed by atoms with E-state index in [1.165, 1.54) is 12.1 Å². The normalized spacial score (nSPS) is 17.6. The molecule has 2 atom stereocenters. The lowest BCUT2D eigenvalue weighted by molar-refractivity contribution is 0.146. The average Bonchev–Trinajstić information content (AvgIpc) is 3.13. The van der Waals surface area contributed by atoms with Crippen LogP contribution in [0.1, 0.15) is 37.8 Å². The van der Waals surface area contributed by atoms with Gasteiger partial charge in [0, 0.05) is 18.2 Å². The molecule has 1 aliphatic heterocycles. The van der Waals surface area contributed by atoms with Crippen molar-refractivity contribution < 1.29 is 18.7 Å². The SMILES string of the molecule is C[C@@H](N)CCOc1ccc(F)cc1[C@H]1CCCN1C(=O)Oc1ccccc1. The summed E-state index contributed by atoms with van der Waals surface area (Å²) in [6, 6.07) is 13.1. The molecule has 2 N–H and O–H groups in total. The molecule has 5 nitrogen and oxygen atoms in total. The van der Waals surface area contributed by atoms with Crippen LogP contribution in [0, 0.1) is 5.82 Å². The molecule has 0 bridgehead atoms. The van der Waals surface area contributed by atoms with Gasteiger partial charge in [-0.2, -0.15) is 0 Å². The van der Waals surface area contributed by atoms with Crippen LogP contribution in [-0.4, -0.2) is 30.2 Å². The molecular formula is C21H25FN2O3. The van der Waals surface area contributed by atoms with Crippen LogP contribution in [0.5, 0.6) is 11.5 Å². The van der Waals surface area contributed by atoms with Crippen LogP contribution in [0.25, 0.3) is 0 Å². The molecular weight excluding hydrogens is 347 g/mol. The maximum atomic E-state index is 13.9. The van der Waals surface area contributed by atoms with Crippen molar-refractivity contribution >= 4 is 6.09 Å². The van der Waals surface area contributed by atoms with Crippen LogP contribution in [0.4, 0.5) is 9.18 Å². The van der Waals surface area contributed by atoms with E-state index in [0.29, 0.717) is 36.6 Å². The van der Waals surface area contributed by atoms with Crippen LogP contribution in [0.2, 0.25) is 0 Å². The van der Waals surface area contributed by atoms with Gasteiger partial charge < -0.3 is 20.1 Å². The van der Waals surface area contributed by atoms with E-state index >= 15 is 0 Å². The van der Waals surface area contributed by atoms with Crippen molar-refractivity contribution in [2.24, 2.45) is 5.73 Å².